The molecule has 2 N–H and O–H groups in total. The zero-order valence-corrected chi connectivity index (χ0v) is 10.1. The summed E-state index contributed by atoms with van der Waals surface area (Å²) in [6.45, 7) is 1.57. The summed E-state index contributed by atoms with van der Waals surface area (Å²) in [6, 6.07) is 1.96. The summed E-state index contributed by atoms with van der Waals surface area (Å²) in [6.07, 6.45) is 3.02. The number of aliphatic hydroxyl groups is 1. The Morgan fingerprint density at radius 1 is 1.35 bits per heavy atom. The quantitative estimate of drug-likeness (QED) is 0.816. The highest BCUT2D eigenvalue weighted by Gasteiger charge is 2.29. The van der Waals surface area contributed by atoms with E-state index in [-0.39, 0.29) is 6.10 Å². The van der Waals surface area contributed by atoms with Crippen LogP contribution in [0.2, 0.25) is 0 Å². The molecular formula is C12H18N4O. The van der Waals surface area contributed by atoms with Gasteiger partial charge in [-0.05, 0) is 19.3 Å². The Morgan fingerprint density at radius 3 is 2.76 bits per heavy atom. The first-order valence-corrected chi connectivity index (χ1v) is 6.26. The van der Waals surface area contributed by atoms with E-state index in [0.29, 0.717) is 12.5 Å². The summed E-state index contributed by atoms with van der Waals surface area (Å²) >= 11 is 0. The van der Waals surface area contributed by atoms with E-state index in [1.807, 2.05) is 13.1 Å². The van der Waals surface area contributed by atoms with Crippen LogP contribution in [0.5, 0.6) is 0 Å². The van der Waals surface area contributed by atoms with Gasteiger partial charge in [0.1, 0.15) is 17.5 Å². The number of hydrogen-bond donors (Lipinski definition) is 2. The van der Waals surface area contributed by atoms with Gasteiger partial charge >= 0.3 is 0 Å². The van der Waals surface area contributed by atoms with Crippen molar-refractivity contribution in [1.82, 2.24) is 9.97 Å². The maximum absolute atomic E-state index is 9.58. The van der Waals surface area contributed by atoms with Crippen LogP contribution in [0.4, 0.5) is 11.6 Å². The molecule has 0 amide bonds. The molecule has 2 aliphatic rings. The monoisotopic (exact) mass is 234 g/mol. The van der Waals surface area contributed by atoms with Gasteiger partial charge in [-0.3, -0.25) is 0 Å². The van der Waals surface area contributed by atoms with Crippen molar-refractivity contribution in [2.45, 2.75) is 31.3 Å². The molecule has 1 aromatic rings. The zero-order chi connectivity index (χ0) is 11.8. The average Bonchev–Trinajstić information content (AvgIpc) is 3.11. The lowest BCUT2D eigenvalue weighted by Gasteiger charge is -2.18. The highest BCUT2D eigenvalue weighted by Crippen LogP contribution is 2.39. The number of hydrogen-bond acceptors (Lipinski definition) is 5. The first-order valence-electron chi connectivity index (χ1n) is 6.26. The molecule has 0 bridgehead atoms. The highest BCUT2D eigenvalue weighted by atomic mass is 16.3. The number of aromatic nitrogens is 2. The summed E-state index contributed by atoms with van der Waals surface area (Å²) in [5.41, 5.74) is 0. The molecule has 1 unspecified atom stereocenters. The molecule has 17 heavy (non-hydrogen) atoms. The van der Waals surface area contributed by atoms with Crippen molar-refractivity contribution < 1.29 is 5.11 Å². The van der Waals surface area contributed by atoms with Crippen molar-refractivity contribution in [1.29, 1.82) is 0 Å². The summed E-state index contributed by atoms with van der Waals surface area (Å²) in [7, 11) is 1.88. The van der Waals surface area contributed by atoms with Crippen molar-refractivity contribution in [2.75, 3.05) is 30.4 Å². The maximum Gasteiger partial charge on any atom is 0.136 e. The van der Waals surface area contributed by atoms with E-state index in [0.717, 1.165) is 30.4 Å². The first-order chi connectivity index (χ1) is 8.26. The lowest BCUT2D eigenvalue weighted by Crippen LogP contribution is -2.23. The number of nitrogens with one attached hydrogen (secondary N) is 1. The standard InChI is InChI=1S/C12H18N4O/c1-13-10-6-11(16-5-4-9(17)7-16)15-12(14-10)8-2-3-8/h6,8-9,17H,2-5,7H2,1H3,(H,13,14,15). The maximum atomic E-state index is 9.58. The number of aliphatic hydroxyl groups excluding tert-OH is 1. The average molecular weight is 234 g/mol. The number of rotatable bonds is 3. The van der Waals surface area contributed by atoms with Crippen LogP contribution in [0.3, 0.4) is 0 Å². The second kappa shape index (κ2) is 4.14. The molecule has 1 aromatic heterocycles. The summed E-state index contributed by atoms with van der Waals surface area (Å²) in [4.78, 5) is 11.3. The lowest BCUT2D eigenvalue weighted by molar-refractivity contribution is 0.198. The summed E-state index contributed by atoms with van der Waals surface area (Å²) < 4.78 is 0. The molecule has 0 radical (unpaired) electrons. The molecule has 2 heterocycles. The van der Waals surface area contributed by atoms with Gasteiger partial charge in [-0.2, -0.15) is 0 Å². The topological polar surface area (TPSA) is 61.3 Å². The molecule has 1 aliphatic carbocycles. The molecule has 5 heteroatoms. The van der Waals surface area contributed by atoms with Crippen LogP contribution in [-0.2, 0) is 0 Å². The third-order valence-corrected chi connectivity index (χ3v) is 3.42. The minimum atomic E-state index is -0.215. The number of anilines is 2. The minimum Gasteiger partial charge on any atom is -0.391 e. The van der Waals surface area contributed by atoms with E-state index in [9.17, 15) is 5.11 Å². The highest BCUT2D eigenvalue weighted by molar-refractivity contribution is 5.50. The first kappa shape index (κ1) is 10.8. The fourth-order valence-corrected chi connectivity index (χ4v) is 2.22. The Hall–Kier alpha value is -1.36. The van der Waals surface area contributed by atoms with Gasteiger partial charge in [0, 0.05) is 32.1 Å². The van der Waals surface area contributed by atoms with E-state index in [1.165, 1.54) is 12.8 Å². The van der Waals surface area contributed by atoms with Crippen LogP contribution < -0.4 is 10.2 Å². The molecule has 5 nitrogen and oxygen atoms in total. The van der Waals surface area contributed by atoms with Crippen LogP contribution in [-0.4, -0.2) is 41.3 Å². The molecule has 3 rings (SSSR count). The van der Waals surface area contributed by atoms with Crippen LogP contribution >= 0.6 is 0 Å². The van der Waals surface area contributed by atoms with Gasteiger partial charge in [-0.15, -0.1) is 0 Å². The summed E-state index contributed by atoms with van der Waals surface area (Å²) in [5, 5.41) is 12.7. The van der Waals surface area contributed by atoms with Gasteiger partial charge in [0.2, 0.25) is 0 Å². The Balaban J connectivity index is 1.89. The molecule has 1 saturated carbocycles. The molecule has 2 fully saturated rings. The van der Waals surface area contributed by atoms with E-state index in [1.54, 1.807) is 0 Å². The predicted octanol–water partition coefficient (Wildman–Crippen LogP) is 0.967. The van der Waals surface area contributed by atoms with E-state index >= 15 is 0 Å². The van der Waals surface area contributed by atoms with Crippen molar-refractivity contribution >= 4 is 11.6 Å². The third kappa shape index (κ3) is 2.20. The lowest BCUT2D eigenvalue weighted by atomic mass is 10.3. The molecule has 1 aliphatic heterocycles. The molecule has 1 atom stereocenters. The molecular weight excluding hydrogens is 216 g/mol. The molecule has 0 aromatic carbocycles. The second-order valence-corrected chi connectivity index (χ2v) is 4.88. The number of nitrogens with zero attached hydrogens (tertiary/aromatic N) is 3. The fourth-order valence-electron chi connectivity index (χ4n) is 2.22. The zero-order valence-electron chi connectivity index (χ0n) is 10.1. The smallest absolute Gasteiger partial charge is 0.136 e. The van der Waals surface area contributed by atoms with Crippen molar-refractivity contribution in [3.8, 4) is 0 Å². The second-order valence-electron chi connectivity index (χ2n) is 4.88. The van der Waals surface area contributed by atoms with Gasteiger partial charge < -0.3 is 15.3 Å². The van der Waals surface area contributed by atoms with E-state index < -0.39 is 0 Å². The fraction of sp³-hybridized carbons (Fsp3) is 0.667. The van der Waals surface area contributed by atoms with Gasteiger partial charge in [0.15, 0.2) is 0 Å². The molecule has 1 saturated heterocycles. The van der Waals surface area contributed by atoms with Crippen molar-refractivity contribution in [3.05, 3.63) is 11.9 Å². The van der Waals surface area contributed by atoms with E-state index in [2.05, 4.69) is 20.2 Å². The summed E-state index contributed by atoms with van der Waals surface area (Å²) in [5.74, 6) is 3.32. The van der Waals surface area contributed by atoms with E-state index in [4.69, 9.17) is 0 Å². The largest absolute Gasteiger partial charge is 0.391 e. The van der Waals surface area contributed by atoms with Gasteiger partial charge in [0.05, 0.1) is 6.10 Å². The van der Waals surface area contributed by atoms with Crippen LogP contribution in [0.1, 0.15) is 31.0 Å². The van der Waals surface area contributed by atoms with Crippen molar-refractivity contribution in [2.24, 2.45) is 0 Å². The van der Waals surface area contributed by atoms with Crippen LogP contribution in [0.15, 0.2) is 6.07 Å². The van der Waals surface area contributed by atoms with Crippen LogP contribution in [0.25, 0.3) is 0 Å². The normalized spacial score (nSPS) is 24.1. The third-order valence-electron chi connectivity index (χ3n) is 3.42. The Bertz CT molecular complexity index is 419. The SMILES string of the molecule is CNc1cc(N2CCC(O)C2)nc(C2CC2)n1. The Kier molecular flexibility index (Phi) is 2.63. The molecule has 92 valence electrons. The van der Waals surface area contributed by atoms with Crippen molar-refractivity contribution in [3.63, 3.8) is 0 Å². The minimum absolute atomic E-state index is 0.215. The van der Waals surface area contributed by atoms with Gasteiger partial charge in [-0.25, -0.2) is 9.97 Å². The predicted molar refractivity (Wildman–Crippen MR) is 66.4 cm³/mol. The van der Waals surface area contributed by atoms with Gasteiger partial charge in [-0.1, -0.05) is 0 Å². The molecule has 0 spiro atoms. The van der Waals surface area contributed by atoms with Gasteiger partial charge in [0.25, 0.3) is 0 Å². The Labute approximate surface area is 101 Å². The Morgan fingerprint density at radius 2 is 2.18 bits per heavy atom. The number of β-amino-alcohol motifs (C(OH)–C–C–N with tert-alkyl or cyclic N) is 1. The van der Waals surface area contributed by atoms with Crippen LogP contribution in [0, 0.1) is 0 Å².